The molecule has 0 saturated heterocycles. The number of nitrogens with zero attached hydrogens (tertiary/aromatic N) is 2. The summed E-state index contributed by atoms with van der Waals surface area (Å²) in [6.45, 7) is 5.58. The number of hydrogen-bond acceptors (Lipinski definition) is 5. The molecule has 0 aliphatic carbocycles. The summed E-state index contributed by atoms with van der Waals surface area (Å²) >= 11 is 1.08. The van der Waals surface area contributed by atoms with Crippen LogP contribution in [0.2, 0.25) is 0 Å². The average molecular weight is 413 g/mol. The number of aromatic nitrogens is 1. The number of anilines is 1. The van der Waals surface area contributed by atoms with Gasteiger partial charge >= 0.3 is 5.97 Å². The molecule has 1 aromatic carbocycles. The van der Waals surface area contributed by atoms with Crippen LogP contribution in [0, 0.1) is 0 Å². The monoisotopic (exact) mass is 413 g/mol. The van der Waals surface area contributed by atoms with Gasteiger partial charge in [0, 0.05) is 35.9 Å². The van der Waals surface area contributed by atoms with E-state index in [9.17, 15) is 14.4 Å². The molecule has 3 aromatic rings. The van der Waals surface area contributed by atoms with Gasteiger partial charge in [-0.25, -0.2) is 4.79 Å². The van der Waals surface area contributed by atoms with E-state index in [0.29, 0.717) is 28.5 Å². The van der Waals surface area contributed by atoms with Crippen molar-refractivity contribution in [3.8, 4) is 0 Å². The number of amides is 2. The number of ether oxygens (including phenoxy) is 1. The second kappa shape index (κ2) is 8.91. The quantitative estimate of drug-likeness (QED) is 0.600. The minimum atomic E-state index is -0.462. The molecule has 0 fully saturated rings. The van der Waals surface area contributed by atoms with Crippen LogP contribution >= 0.6 is 11.3 Å². The maximum absolute atomic E-state index is 12.5. The molecule has 7 nitrogen and oxygen atoms in total. The number of nitrogens with one attached hydrogen (secondary N) is 1. The van der Waals surface area contributed by atoms with Crippen LogP contribution in [-0.2, 0) is 16.1 Å². The van der Waals surface area contributed by atoms with E-state index in [1.165, 1.54) is 7.11 Å². The Labute approximate surface area is 172 Å². The number of carbonyl (C=O) groups is 3. The normalized spacial score (nSPS) is 10.7. The van der Waals surface area contributed by atoms with Crippen molar-refractivity contribution in [2.75, 3.05) is 25.5 Å². The highest BCUT2D eigenvalue weighted by molar-refractivity contribution is 7.16. The van der Waals surface area contributed by atoms with Gasteiger partial charge in [0.25, 0.3) is 5.91 Å². The van der Waals surface area contributed by atoms with E-state index < -0.39 is 5.97 Å². The molecule has 3 rings (SSSR count). The Bertz CT molecular complexity index is 1050. The molecule has 0 unspecified atom stereocenters. The van der Waals surface area contributed by atoms with E-state index in [4.69, 9.17) is 0 Å². The van der Waals surface area contributed by atoms with Crippen molar-refractivity contribution >= 4 is 45.7 Å². The molecule has 8 heteroatoms. The van der Waals surface area contributed by atoms with Crippen molar-refractivity contribution in [3.63, 3.8) is 0 Å². The fourth-order valence-corrected chi connectivity index (χ4v) is 3.92. The minimum absolute atomic E-state index is 0.0731. The third-order valence-corrected chi connectivity index (χ3v) is 5.73. The van der Waals surface area contributed by atoms with Gasteiger partial charge in [0.2, 0.25) is 5.91 Å². The Kier molecular flexibility index (Phi) is 6.33. The van der Waals surface area contributed by atoms with Gasteiger partial charge < -0.3 is 19.5 Å². The first-order valence-electron chi connectivity index (χ1n) is 9.33. The van der Waals surface area contributed by atoms with Crippen molar-refractivity contribution in [3.05, 3.63) is 52.3 Å². The number of carbonyl (C=O) groups excluding carboxylic acids is 3. The lowest BCUT2D eigenvalue weighted by molar-refractivity contribution is -0.131. The second-order valence-corrected chi connectivity index (χ2v) is 7.48. The molecule has 2 heterocycles. The first-order chi connectivity index (χ1) is 14.0. The van der Waals surface area contributed by atoms with Crippen LogP contribution in [0.4, 0.5) is 5.69 Å². The standard InChI is InChI=1S/C21H23N3O4S/c1-4-23(5-2)19(25)13-24-11-10-14-12-15(6-7-16(14)24)22-20(26)17-8-9-18(29-17)21(27)28-3/h6-12H,4-5,13H2,1-3H3,(H,22,26). The maximum Gasteiger partial charge on any atom is 0.348 e. The number of esters is 1. The third kappa shape index (κ3) is 4.48. The first-order valence-corrected chi connectivity index (χ1v) is 10.1. The van der Waals surface area contributed by atoms with Crippen LogP contribution in [-0.4, -0.2) is 47.4 Å². The topological polar surface area (TPSA) is 80.6 Å². The SMILES string of the molecule is CCN(CC)C(=O)Cn1ccc2cc(NC(=O)c3ccc(C(=O)OC)s3)ccc21. The smallest absolute Gasteiger partial charge is 0.348 e. The lowest BCUT2D eigenvalue weighted by atomic mass is 10.2. The number of fused-ring (bicyclic) bond motifs is 1. The van der Waals surface area contributed by atoms with Crippen LogP contribution in [0.15, 0.2) is 42.6 Å². The Hall–Kier alpha value is -3.13. The number of methoxy groups -OCH3 is 1. The summed E-state index contributed by atoms with van der Waals surface area (Å²) < 4.78 is 6.57. The predicted octanol–water partition coefficient (Wildman–Crippen LogP) is 3.61. The van der Waals surface area contributed by atoms with E-state index in [-0.39, 0.29) is 18.4 Å². The van der Waals surface area contributed by atoms with Crippen molar-refractivity contribution in [2.45, 2.75) is 20.4 Å². The third-order valence-electron chi connectivity index (χ3n) is 4.67. The maximum atomic E-state index is 12.5. The molecular formula is C21H23N3O4S. The molecule has 2 amide bonds. The highest BCUT2D eigenvalue weighted by Crippen LogP contribution is 2.23. The number of rotatable bonds is 7. The average Bonchev–Trinajstić information content (AvgIpc) is 3.36. The van der Waals surface area contributed by atoms with Crippen molar-refractivity contribution in [1.82, 2.24) is 9.47 Å². The highest BCUT2D eigenvalue weighted by atomic mass is 32.1. The van der Waals surface area contributed by atoms with E-state index in [0.717, 1.165) is 22.2 Å². The van der Waals surface area contributed by atoms with Gasteiger partial charge in [0.05, 0.1) is 12.0 Å². The van der Waals surface area contributed by atoms with Gasteiger partial charge in [-0.2, -0.15) is 0 Å². The van der Waals surface area contributed by atoms with Crippen LogP contribution in [0.5, 0.6) is 0 Å². The number of hydrogen-bond donors (Lipinski definition) is 1. The molecule has 152 valence electrons. The largest absolute Gasteiger partial charge is 0.465 e. The van der Waals surface area contributed by atoms with Crippen LogP contribution in [0.3, 0.4) is 0 Å². The first kappa shape index (κ1) is 20.6. The second-order valence-electron chi connectivity index (χ2n) is 6.39. The minimum Gasteiger partial charge on any atom is -0.465 e. The lowest BCUT2D eigenvalue weighted by Gasteiger charge is -2.19. The molecule has 0 saturated carbocycles. The molecule has 1 N–H and O–H groups in total. The summed E-state index contributed by atoms with van der Waals surface area (Å²) in [5.74, 6) is -0.680. The zero-order chi connectivity index (χ0) is 21.0. The predicted molar refractivity (Wildman–Crippen MR) is 113 cm³/mol. The number of benzene rings is 1. The molecule has 0 bridgehead atoms. The van der Waals surface area contributed by atoms with Crippen LogP contribution in [0.25, 0.3) is 10.9 Å². The van der Waals surface area contributed by atoms with Crippen LogP contribution < -0.4 is 5.32 Å². The van der Waals surface area contributed by atoms with Gasteiger partial charge in [0.15, 0.2) is 0 Å². The van der Waals surface area contributed by atoms with Gasteiger partial charge in [-0.05, 0) is 50.2 Å². The van der Waals surface area contributed by atoms with Gasteiger partial charge in [-0.3, -0.25) is 9.59 Å². The summed E-state index contributed by atoms with van der Waals surface area (Å²) in [6, 6.07) is 10.6. The molecule has 0 aliphatic heterocycles. The Morgan fingerprint density at radius 1 is 1.07 bits per heavy atom. The van der Waals surface area contributed by atoms with E-state index in [1.54, 1.807) is 23.1 Å². The van der Waals surface area contributed by atoms with Crippen molar-refractivity contribution < 1.29 is 19.1 Å². The fourth-order valence-electron chi connectivity index (χ4n) is 3.10. The fraction of sp³-hybridized carbons (Fsp3) is 0.286. The van der Waals surface area contributed by atoms with Gasteiger partial charge in [-0.15, -0.1) is 11.3 Å². The summed E-state index contributed by atoms with van der Waals surface area (Å²) in [7, 11) is 1.30. The van der Waals surface area contributed by atoms with Crippen molar-refractivity contribution in [1.29, 1.82) is 0 Å². The van der Waals surface area contributed by atoms with Crippen molar-refractivity contribution in [2.24, 2.45) is 0 Å². The number of thiophene rings is 1. The Morgan fingerprint density at radius 2 is 1.79 bits per heavy atom. The van der Waals surface area contributed by atoms with Gasteiger partial charge in [-0.1, -0.05) is 0 Å². The highest BCUT2D eigenvalue weighted by Gasteiger charge is 2.15. The zero-order valence-corrected chi connectivity index (χ0v) is 17.4. The summed E-state index contributed by atoms with van der Waals surface area (Å²) in [5.41, 5.74) is 1.57. The van der Waals surface area contributed by atoms with E-state index >= 15 is 0 Å². The Morgan fingerprint density at radius 3 is 2.48 bits per heavy atom. The van der Waals surface area contributed by atoms with Crippen LogP contribution in [0.1, 0.15) is 33.2 Å². The molecular weight excluding hydrogens is 390 g/mol. The van der Waals surface area contributed by atoms with Gasteiger partial charge in [0.1, 0.15) is 11.4 Å². The molecule has 0 spiro atoms. The van der Waals surface area contributed by atoms with E-state index in [1.807, 2.05) is 42.8 Å². The summed E-state index contributed by atoms with van der Waals surface area (Å²) in [5, 5.41) is 3.77. The number of likely N-dealkylation sites (N-methyl/N-ethyl adjacent to an activating group) is 1. The Balaban J connectivity index is 1.73. The molecule has 0 atom stereocenters. The lowest BCUT2D eigenvalue weighted by Crippen LogP contribution is -2.33. The van der Waals surface area contributed by atoms with E-state index in [2.05, 4.69) is 10.1 Å². The summed E-state index contributed by atoms with van der Waals surface area (Å²) in [6.07, 6.45) is 1.87. The molecule has 2 aromatic heterocycles. The molecule has 29 heavy (non-hydrogen) atoms. The summed E-state index contributed by atoms with van der Waals surface area (Å²) in [4.78, 5) is 39.0. The molecule has 0 radical (unpaired) electrons. The molecule has 0 aliphatic rings. The zero-order valence-electron chi connectivity index (χ0n) is 16.6.